The first kappa shape index (κ1) is 18.5. The molecule has 0 saturated carbocycles. The van der Waals surface area contributed by atoms with Gasteiger partial charge in [-0.25, -0.2) is 0 Å². The molecule has 0 aromatic carbocycles. The van der Waals surface area contributed by atoms with E-state index >= 15 is 0 Å². The molecule has 0 rings (SSSR count). The number of carboxylic acid groups (broad SMARTS) is 1. The van der Waals surface area contributed by atoms with Gasteiger partial charge in [0.1, 0.15) is 6.29 Å². The summed E-state index contributed by atoms with van der Waals surface area (Å²) in [6, 6.07) is 0. The van der Waals surface area contributed by atoms with Crippen LogP contribution in [0.2, 0.25) is 0 Å². The minimum atomic E-state index is -0.941. The quantitative estimate of drug-likeness (QED) is 0.258. The van der Waals surface area contributed by atoms with Gasteiger partial charge < -0.3 is 14.7 Å². The standard InChI is InChI=1S/C12H22O3.Na/c13-11-9-7-5-3-1-2-4-6-8-10-12(14)15;/h11H,1-10H2,(H,14,15);/q;+1/p-1. The van der Waals surface area contributed by atoms with Crippen molar-refractivity contribution in [3.63, 3.8) is 0 Å². The SMILES string of the molecule is O=CCCCCCCCCCCC(=O)[O-].[Na+]. The summed E-state index contributed by atoms with van der Waals surface area (Å²) in [5.74, 6) is -0.941. The molecule has 16 heavy (non-hydrogen) atoms. The Kier molecular flexibility index (Phi) is 17.5. The molecule has 0 bridgehead atoms. The summed E-state index contributed by atoms with van der Waals surface area (Å²) in [4.78, 5) is 20.1. The molecule has 0 amide bonds. The van der Waals surface area contributed by atoms with Gasteiger partial charge in [0.25, 0.3) is 0 Å². The molecule has 4 heteroatoms. The Labute approximate surface area is 120 Å². The molecule has 3 nitrogen and oxygen atoms in total. The zero-order chi connectivity index (χ0) is 11.4. The number of unbranched alkanes of at least 4 members (excludes halogenated alkanes) is 8. The van der Waals surface area contributed by atoms with Crippen molar-refractivity contribution >= 4 is 12.3 Å². The van der Waals surface area contributed by atoms with Gasteiger partial charge in [0.05, 0.1) is 0 Å². The van der Waals surface area contributed by atoms with Crippen LogP contribution in [0.3, 0.4) is 0 Å². The fourth-order valence-electron chi connectivity index (χ4n) is 1.56. The van der Waals surface area contributed by atoms with E-state index in [1.807, 2.05) is 0 Å². The third-order valence-corrected chi connectivity index (χ3v) is 2.45. The zero-order valence-electron chi connectivity index (χ0n) is 10.4. The molecular weight excluding hydrogens is 215 g/mol. The predicted octanol–water partition coefficient (Wildman–Crippen LogP) is -1.16. The Hall–Kier alpha value is 0.140. The van der Waals surface area contributed by atoms with Crippen LogP contribution >= 0.6 is 0 Å². The van der Waals surface area contributed by atoms with Crippen LogP contribution in [0.4, 0.5) is 0 Å². The van der Waals surface area contributed by atoms with Crippen molar-refractivity contribution in [3.05, 3.63) is 0 Å². The second-order valence-electron chi connectivity index (χ2n) is 3.91. The summed E-state index contributed by atoms with van der Waals surface area (Å²) >= 11 is 0. The molecule has 0 aromatic rings. The van der Waals surface area contributed by atoms with E-state index in [4.69, 9.17) is 0 Å². The summed E-state index contributed by atoms with van der Waals surface area (Å²) in [5.41, 5.74) is 0. The average molecular weight is 236 g/mol. The maximum absolute atomic E-state index is 10.1. The Bertz CT molecular complexity index is 172. The van der Waals surface area contributed by atoms with E-state index in [1.54, 1.807) is 0 Å². The van der Waals surface area contributed by atoms with Gasteiger partial charge in [-0.3, -0.25) is 0 Å². The summed E-state index contributed by atoms with van der Waals surface area (Å²) in [6.45, 7) is 0. The number of carboxylic acids is 1. The van der Waals surface area contributed by atoms with Gasteiger partial charge in [-0.2, -0.15) is 0 Å². The van der Waals surface area contributed by atoms with E-state index < -0.39 is 5.97 Å². The summed E-state index contributed by atoms with van der Waals surface area (Å²) in [6.07, 6.45) is 10.4. The van der Waals surface area contributed by atoms with Gasteiger partial charge >= 0.3 is 29.6 Å². The van der Waals surface area contributed by atoms with Crippen molar-refractivity contribution in [2.24, 2.45) is 0 Å². The second kappa shape index (κ2) is 15.1. The van der Waals surface area contributed by atoms with Crippen LogP contribution in [0.15, 0.2) is 0 Å². The molecular formula is C12H21NaO3. The predicted molar refractivity (Wildman–Crippen MR) is 57.2 cm³/mol. The molecule has 0 spiro atoms. The van der Waals surface area contributed by atoms with E-state index in [9.17, 15) is 14.7 Å². The number of aliphatic carboxylic acids is 1. The van der Waals surface area contributed by atoms with E-state index in [2.05, 4.69) is 0 Å². The Morgan fingerprint density at radius 1 is 0.875 bits per heavy atom. The number of carbonyl (C=O) groups excluding carboxylic acids is 2. The van der Waals surface area contributed by atoms with Crippen LogP contribution in [0.5, 0.6) is 0 Å². The van der Waals surface area contributed by atoms with Crippen molar-refractivity contribution in [2.45, 2.75) is 64.2 Å². The third-order valence-electron chi connectivity index (χ3n) is 2.45. The molecule has 0 unspecified atom stereocenters. The molecule has 88 valence electrons. The number of rotatable bonds is 11. The Morgan fingerprint density at radius 3 is 1.75 bits per heavy atom. The molecule has 0 fully saturated rings. The van der Waals surface area contributed by atoms with Crippen LogP contribution in [-0.2, 0) is 9.59 Å². The van der Waals surface area contributed by atoms with Crippen molar-refractivity contribution in [2.75, 3.05) is 0 Å². The number of carbonyl (C=O) groups is 2. The Balaban J connectivity index is 0. The topological polar surface area (TPSA) is 57.2 Å². The molecule has 0 aliphatic carbocycles. The molecule has 0 aliphatic heterocycles. The summed E-state index contributed by atoms with van der Waals surface area (Å²) in [7, 11) is 0. The van der Waals surface area contributed by atoms with E-state index in [0.29, 0.717) is 6.42 Å². The maximum atomic E-state index is 10.1. The van der Waals surface area contributed by atoms with Gasteiger partial charge in [-0.05, 0) is 19.3 Å². The fraction of sp³-hybridized carbons (Fsp3) is 0.833. The van der Waals surface area contributed by atoms with E-state index in [-0.39, 0.29) is 36.0 Å². The summed E-state index contributed by atoms with van der Waals surface area (Å²) in [5, 5.41) is 10.1. The zero-order valence-corrected chi connectivity index (χ0v) is 12.4. The van der Waals surface area contributed by atoms with Crippen molar-refractivity contribution in [1.29, 1.82) is 0 Å². The van der Waals surface area contributed by atoms with Gasteiger partial charge in [-0.15, -0.1) is 0 Å². The normalized spacial score (nSPS) is 9.50. The molecule has 0 aromatic heterocycles. The smallest absolute Gasteiger partial charge is 0.550 e. The van der Waals surface area contributed by atoms with Gasteiger partial charge in [0.15, 0.2) is 0 Å². The minimum absolute atomic E-state index is 0. The van der Waals surface area contributed by atoms with Gasteiger partial charge in [0.2, 0.25) is 0 Å². The molecule has 0 saturated heterocycles. The Morgan fingerprint density at radius 2 is 1.31 bits per heavy atom. The average Bonchev–Trinajstić information content (AvgIpc) is 2.20. The summed E-state index contributed by atoms with van der Waals surface area (Å²) < 4.78 is 0. The van der Waals surface area contributed by atoms with Crippen LogP contribution in [0, 0.1) is 0 Å². The molecule has 0 N–H and O–H groups in total. The van der Waals surface area contributed by atoms with Crippen molar-refractivity contribution in [1.82, 2.24) is 0 Å². The first-order valence-corrected chi connectivity index (χ1v) is 5.91. The molecule has 0 heterocycles. The minimum Gasteiger partial charge on any atom is -0.550 e. The van der Waals surface area contributed by atoms with Gasteiger partial charge in [-0.1, -0.05) is 38.5 Å². The number of hydrogen-bond acceptors (Lipinski definition) is 3. The third kappa shape index (κ3) is 16.6. The second-order valence-corrected chi connectivity index (χ2v) is 3.91. The molecule has 0 aliphatic rings. The molecule has 0 atom stereocenters. The largest absolute Gasteiger partial charge is 1.00 e. The maximum Gasteiger partial charge on any atom is 1.00 e. The van der Waals surface area contributed by atoms with Crippen LogP contribution in [-0.4, -0.2) is 12.3 Å². The van der Waals surface area contributed by atoms with Crippen LogP contribution in [0.25, 0.3) is 0 Å². The van der Waals surface area contributed by atoms with E-state index in [0.717, 1.165) is 38.4 Å². The number of aldehydes is 1. The van der Waals surface area contributed by atoms with Gasteiger partial charge in [0, 0.05) is 12.4 Å². The monoisotopic (exact) mass is 236 g/mol. The number of hydrogen-bond donors (Lipinski definition) is 0. The first-order chi connectivity index (χ1) is 7.27. The van der Waals surface area contributed by atoms with Crippen molar-refractivity contribution < 1.29 is 44.3 Å². The van der Waals surface area contributed by atoms with Crippen LogP contribution < -0.4 is 34.7 Å². The first-order valence-electron chi connectivity index (χ1n) is 5.91. The molecule has 0 radical (unpaired) electrons. The fourth-order valence-corrected chi connectivity index (χ4v) is 1.56. The van der Waals surface area contributed by atoms with E-state index in [1.165, 1.54) is 19.3 Å². The van der Waals surface area contributed by atoms with Crippen LogP contribution in [0.1, 0.15) is 64.2 Å². The van der Waals surface area contributed by atoms with Crippen molar-refractivity contribution in [3.8, 4) is 0 Å².